The van der Waals surface area contributed by atoms with Crippen LogP contribution in [-0.4, -0.2) is 12.7 Å². The molecule has 2 rings (SSSR count). The molecule has 1 fully saturated rings. The van der Waals surface area contributed by atoms with Gasteiger partial charge in [-0.3, -0.25) is 0 Å². The zero-order valence-electron chi connectivity index (χ0n) is 8.52. The number of hydrogen-bond donors (Lipinski definition) is 0. The summed E-state index contributed by atoms with van der Waals surface area (Å²) in [6.45, 7) is 2.89. The van der Waals surface area contributed by atoms with Gasteiger partial charge in [-0.2, -0.15) is 0 Å². The first kappa shape index (κ1) is 9.47. The van der Waals surface area contributed by atoms with E-state index in [0.717, 1.165) is 6.61 Å². The number of benzene rings is 1. The predicted octanol–water partition coefficient (Wildman–Crippen LogP) is 3.12. The lowest BCUT2D eigenvalue weighted by Crippen LogP contribution is -1.93. The first-order valence-electron chi connectivity index (χ1n) is 5.25. The zero-order chi connectivity index (χ0) is 9.80. The molecule has 0 amide bonds. The lowest BCUT2D eigenvalue weighted by molar-refractivity contribution is 0.126. The topological polar surface area (TPSA) is 9.23 Å². The van der Waals surface area contributed by atoms with Crippen LogP contribution < -0.4 is 0 Å². The quantitative estimate of drug-likeness (QED) is 0.705. The summed E-state index contributed by atoms with van der Waals surface area (Å²) >= 11 is 0. The molecule has 1 aliphatic rings. The lowest BCUT2D eigenvalue weighted by Gasteiger charge is -1.95. The van der Waals surface area contributed by atoms with Crippen LogP contribution in [0.3, 0.4) is 0 Å². The van der Waals surface area contributed by atoms with E-state index in [9.17, 15) is 0 Å². The van der Waals surface area contributed by atoms with Crippen molar-refractivity contribution in [2.75, 3.05) is 6.61 Å². The molecule has 1 heteroatoms. The van der Waals surface area contributed by atoms with Crippen LogP contribution in [0.2, 0.25) is 0 Å². The second kappa shape index (κ2) is 4.43. The molecule has 0 N–H and O–H groups in total. The number of hydrogen-bond acceptors (Lipinski definition) is 1. The summed E-state index contributed by atoms with van der Waals surface area (Å²) in [6.07, 6.45) is 6.12. The average molecular weight is 188 g/mol. The van der Waals surface area contributed by atoms with Gasteiger partial charge in [-0.15, -0.1) is 0 Å². The highest BCUT2D eigenvalue weighted by Gasteiger charge is 2.35. The third kappa shape index (κ3) is 2.46. The second-order valence-electron chi connectivity index (χ2n) is 3.66. The van der Waals surface area contributed by atoms with Crippen LogP contribution in [0.1, 0.15) is 18.9 Å². The van der Waals surface area contributed by atoms with Crippen LogP contribution in [0.5, 0.6) is 0 Å². The Bertz CT molecular complexity index is 302. The van der Waals surface area contributed by atoms with Crippen molar-refractivity contribution < 1.29 is 4.74 Å². The third-order valence-electron chi connectivity index (χ3n) is 2.50. The van der Waals surface area contributed by atoms with Crippen molar-refractivity contribution in [2.24, 2.45) is 5.92 Å². The molecule has 1 aliphatic carbocycles. The van der Waals surface area contributed by atoms with Gasteiger partial charge in [0.05, 0.1) is 6.10 Å². The van der Waals surface area contributed by atoms with Crippen LogP contribution in [0.4, 0.5) is 0 Å². The van der Waals surface area contributed by atoms with Gasteiger partial charge in [0.15, 0.2) is 0 Å². The minimum atomic E-state index is 0.486. The van der Waals surface area contributed by atoms with E-state index in [1.165, 1.54) is 12.0 Å². The van der Waals surface area contributed by atoms with E-state index in [0.29, 0.717) is 12.0 Å². The van der Waals surface area contributed by atoms with E-state index in [-0.39, 0.29) is 0 Å². The Balaban J connectivity index is 1.85. The summed E-state index contributed by atoms with van der Waals surface area (Å²) in [4.78, 5) is 0. The molecule has 74 valence electrons. The van der Waals surface area contributed by atoms with E-state index in [1.54, 1.807) is 0 Å². The maximum Gasteiger partial charge on any atom is 0.0645 e. The molecule has 0 saturated heterocycles. The SMILES string of the molecule is CCO[C@@H]1C[C@@H]1/C=C/c1ccccc1. The second-order valence-corrected chi connectivity index (χ2v) is 3.66. The predicted molar refractivity (Wildman–Crippen MR) is 59.0 cm³/mol. The Hall–Kier alpha value is -1.08. The minimum Gasteiger partial charge on any atom is -0.378 e. The minimum absolute atomic E-state index is 0.486. The largest absolute Gasteiger partial charge is 0.378 e. The van der Waals surface area contributed by atoms with Gasteiger partial charge < -0.3 is 4.74 Å². The summed E-state index contributed by atoms with van der Waals surface area (Å²) < 4.78 is 5.50. The molecule has 1 aromatic rings. The first-order chi connectivity index (χ1) is 6.90. The molecule has 0 aliphatic heterocycles. The maximum absolute atomic E-state index is 5.50. The van der Waals surface area contributed by atoms with E-state index < -0.39 is 0 Å². The van der Waals surface area contributed by atoms with Crippen LogP contribution in [0, 0.1) is 5.92 Å². The van der Waals surface area contributed by atoms with Gasteiger partial charge in [0, 0.05) is 12.5 Å². The molecule has 2 atom stereocenters. The number of ether oxygens (including phenoxy) is 1. The van der Waals surface area contributed by atoms with Crippen LogP contribution in [-0.2, 0) is 4.74 Å². The summed E-state index contributed by atoms with van der Waals surface area (Å²) in [5.74, 6) is 0.648. The molecule has 0 bridgehead atoms. The summed E-state index contributed by atoms with van der Waals surface area (Å²) in [5, 5.41) is 0. The molecule has 14 heavy (non-hydrogen) atoms. The van der Waals surface area contributed by atoms with Crippen LogP contribution >= 0.6 is 0 Å². The van der Waals surface area contributed by atoms with Gasteiger partial charge in [-0.05, 0) is 18.9 Å². The highest BCUT2D eigenvalue weighted by atomic mass is 16.5. The Labute approximate surface area is 85.4 Å². The van der Waals surface area contributed by atoms with Gasteiger partial charge in [0.1, 0.15) is 0 Å². The van der Waals surface area contributed by atoms with Crippen LogP contribution in [0.15, 0.2) is 36.4 Å². The van der Waals surface area contributed by atoms with Crippen molar-refractivity contribution in [1.82, 2.24) is 0 Å². The van der Waals surface area contributed by atoms with E-state index in [4.69, 9.17) is 4.74 Å². The van der Waals surface area contributed by atoms with Crippen molar-refractivity contribution in [3.63, 3.8) is 0 Å². The van der Waals surface area contributed by atoms with Gasteiger partial charge >= 0.3 is 0 Å². The average Bonchev–Trinajstić information content (AvgIpc) is 2.96. The molecule has 0 heterocycles. The smallest absolute Gasteiger partial charge is 0.0645 e. The Morgan fingerprint density at radius 2 is 2.14 bits per heavy atom. The molecular weight excluding hydrogens is 172 g/mol. The standard InChI is InChI=1S/C13H16O/c1-2-14-13-10-12(13)9-8-11-6-4-3-5-7-11/h3-9,12-13H,2,10H2,1H3/b9-8+/t12-,13+/m0/s1. The van der Waals surface area contributed by atoms with Crippen molar-refractivity contribution >= 4 is 6.08 Å². The van der Waals surface area contributed by atoms with Crippen molar-refractivity contribution in [2.45, 2.75) is 19.4 Å². The molecule has 0 aromatic heterocycles. The first-order valence-corrected chi connectivity index (χ1v) is 5.25. The third-order valence-corrected chi connectivity index (χ3v) is 2.50. The normalized spacial score (nSPS) is 25.5. The molecule has 1 aromatic carbocycles. The highest BCUT2D eigenvalue weighted by Crippen LogP contribution is 2.35. The monoisotopic (exact) mass is 188 g/mol. The van der Waals surface area contributed by atoms with E-state index >= 15 is 0 Å². The molecule has 0 radical (unpaired) electrons. The molecular formula is C13H16O. The highest BCUT2D eigenvalue weighted by molar-refractivity contribution is 5.49. The fraction of sp³-hybridized carbons (Fsp3) is 0.385. The summed E-state index contributed by atoms with van der Waals surface area (Å²) in [7, 11) is 0. The van der Waals surface area contributed by atoms with Gasteiger partial charge in [-0.1, -0.05) is 42.5 Å². The van der Waals surface area contributed by atoms with E-state index in [2.05, 4.69) is 43.3 Å². The lowest BCUT2D eigenvalue weighted by atomic mass is 10.2. The molecule has 1 saturated carbocycles. The van der Waals surface area contributed by atoms with E-state index in [1.807, 2.05) is 6.07 Å². The maximum atomic E-state index is 5.50. The molecule has 0 unspecified atom stereocenters. The van der Waals surface area contributed by atoms with Crippen molar-refractivity contribution in [3.05, 3.63) is 42.0 Å². The Kier molecular flexibility index (Phi) is 3.00. The fourth-order valence-electron chi connectivity index (χ4n) is 1.60. The van der Waals surface area contributed by atoms with Crippen molar-refractivity contribution in [3.8, 4) is 0 Å². The summed E-state index contributed by atoms with van der Waals surface area (Å²) in [6, 6.07) is 10.4. The fourth-order valence-corrected chi connectivity index (χ4v) is 1.60. The van der Waals surface area contributed by atoms with Gasteiger partial charge in [0.2, 0.25) is 0 Å². The summed E-state index contributed by atoms with van der Waals surface area (Å²) in [5.41, 5.74) is 1.27. The van der Waals surface area contributed by atoms with Gasteiger partial charge in [-0.25, -0.2) is 0 Å². The molecule has 0 spiro atoms. The molecule has 1 nitrogen and oxygen atoms in total. The van der Waals surface area contributed by atoms with Gasteiger partial charge in [0.25, 0.3) is 0 Å². The Morgan fingerprint density at radius 3 is 2.86 bits per heavy atom. The van der Waals surface area contributed by atoms with Crippen LogP contribution in [0.25, 0.3) is 6.08 Å². The zero-order valence-corrected chi connectivity index (χ0v) is 8.52. The van der Waals surface area contributed by atoms with Crippen molar-refractivity contribution in [1.29, 1.82) is 0 Å². The number of rotatable bonds is 4. The Morgan fingerprint density at radius 1 is 1.36 bits per heavy atom.